The Labute approximate surface area is 113 Å². The van der Waals surface area contributed by atoms with Gasteiger partial charge in [-0.05, 0) is 51.7 Å². The standard InChI is InChI=1S/C15H22F2N2/c1-18-10-15(7-4-8-15)14(19(2)3)11-5-6-12(16)13(17)9-11/h5-6,9,14,18H,4,7-8,10H2,1-3H3. The molecule has 1 atom stereocenters. The normalized spacial score (nSPS) is 19.3. The summed E-state index contributed by atoms with van der Waals surface area (Å²) in [5, 5.41) is 3.25. The lowest BCUT2D eigenvalue weighted by molar-refractivity contribution is 0.0214. The maximum atomic E-state index is 13.5. The molecule has 0 heterocycles. The number of hydrogen-bond acceptors (Lipinski definition) is 2. The van der Waals surface area contributed by atoms with E-state index in [9.17, 15) is 8.78 Å². The zero-order valence-corrected chi connectivity index (χ0v) is 11.8. The molecule has 0 amide bonds. The maximum absolute atomic E-state index is 13.5. The molecule has 1 unspecified atom stereocenters. The third kappa shape index (κ3) is 2.65. The topological polar surface area (TPSA) is 15.3 Å². The number of rotatable bonds is 5. The Hall–Kier alpha value is -1.00. The van der Waals surface area contributed by atoms with Gasteiger partial charge in [0.25, 0.3) is 0 Å². The monoisotopic (exact) mass is 268 g/mol. The first kappa shape index (κ1) is 14.4. The van der Waals surface area contributed by atoms with E-state index in [4.69, 9.17) is 0 Å². The smallest absolute Gasteiger partial charge is 0.159 e. The highest BCUT2D eigenvalue weighted by molar-refractivity contribution is 5.25. The van der Waals surface area contributed by atoms with E-state index in [-0.39, 0.29) is 11.5 Å². The predicted octanol–water partition coefficient (Wildman–Crippen LogP) is 2.96. The molecule has 19 heavy (non-hydrogen) atoms. The van der Waals surface area contributed by atoms with Gasteiger partial charge in [0.15, 0.2) is 11.6 Å². The molecule has 1 aromatic rings. The Morgan fingerprint density at radius 2 is 1.95 bits per heavy atom. The Kier molecular flexibility index (Phi) is 4.21. The minimum absolute atomic E-state index is 0.115. The molecular weight excluding hydrogens is 246 g/mol. The second kappa shape index (κ2) is 5.55. The Balaban J connectivity index is 2.36. The van der Waals surface area contributed by atoms with Gasteiger partial charge in [-0.15, -0.1) is 0 Å². The molecule has 0 aromatic heterocycles. The van der Waals surface area contributed by atoms with Gasteiger partial charge in [-0.3, -0.25) is 0 Å². The highest BCUT2D eigenvalue weighted by Gasteiger charge is 2.45. The first-order valence-corrected chi connectivity index (χ1v) is 6.76. The van der Waals surface area contributed by atoms with E-state index in [0.717, 1.165) is 24.9 Å². The summed E-state index contributed by atoms with van der Waals surface area (Å²) in [6.07, 6.45) is 3.45. The van der Waals surface area contributed by atoms with Crippen LogP contribution in [0.1, 0.15) is 30.9 Å². The SMILES string of the molecule is CNCC1(C(c2ccc(F)c(F)c2)N(C)C)CCC1. The van der Waals surface area contributed by atoms with Crippen molar-refractivity contribution in [3.63, 3.8) is 0 Å². The van der Waals surface area contributed by atoms with Crippen molar-refractivity contribution in [2.75, 3.05) is 27.7 Å². The summed E-state index contributed by atoms with van der Waals surface area (Å²) >= 11 is 0. The fourth-order valence-corrected chi connectivity index (χ4v) is 3.41. The highest BCUT2D eigenvalue weighted by atomic mass is 19.2. The maximum Gasteiger partial charge on any atom is 0.159 e. The van der Waals surface area contributed by atoms with Crippen LogP contribution in [0, 0.1) is 17.0 Å². The van der Waals surface area contributed by atoms with Gasteiger partial charge in [0.1, 0.15) is 0 Å². The van der Waals surface area contributed by atoms with Crippen molar-refractivity contribution >= 4 is 0 Å². The molecule has 0 aliphatic heterocycles. The summed E-state index contributed by atoms with van der Waals surface area (Å²) in [5.41, 5.74) is 0.988. The zero-order valence-electron chi connectivity index (χ0n) is 11.8. The van der Waals surface area contributed by atoms with Gasteiger partial charge >= 0.3 is 0 Å². The van der Waals surface area contributed by atoms with E-state index in [1.807, 2.05) is 21.1 Å². The molecule has 4 heteroatoms. The third-order valence-corrected chi connectivity index (χ3v) is 4.23. The molecular formula is C15H22F2N2. The first-order chi connectivity index (χ1) is 9.00. The van der Waals surface area contributed by atoms with Gasteiger partial charge in [-0.2, -0.15) is 0 Å². The molecule has 1 fully saturated rings. The van der Waals surface area contributed by atoms with E-state index < -0.39 is 11.6 Å². The van der Waals surface area contributed by atoms with Crippen LogP contribution in [0.25, 0.3) is 0 Å². The molecule has 2 nitrogen and oxygen atoms in total. The fraction of sp³-hybridized carbons (Fsp3) is 0.600. The van der Waals surface area contributed by atoms with E-state index in [1.54, 1.807) is 6.07 Å². The average molecular weight is 268 g/mol. The zero-order chi connectivity index (χ0) is 14.0. The van der Waals surface area contributed by atoms with Crippen LogP contribution in [0.4, 0.5) is 8.78 Å². The Morgan fingerprint density at radius 1 is 1.26 bits per heavy atom. The van der Waals surface area contributed by atoms with Gasteiger partial charge in [0, 0.05) is 18.0 Å². The molecule has 2 rings (SSSR count). The van der Waals surface area contributed by atoms with Crippen LogP contribution in [-0.2, 0) is 0 Å². The van der Waals surface area contributed by atoms with E-state index in [0.29, 0.717) is 0 Å². The van der Waals surface area contributed by atoms with Gasteiger partial charge in [0.2, 0.25) is 0 Å². The molecule has 0 radical (unpaired) electrons. The molecule has 0 bridgehead atoms. The first-order valence-electron chi connectivity index (χ1n) is 6.76. The molecule has 1 saturated carbocycles. The minimum atomic E-state index is -0.780. The van der Waals surface area contributed by atoms with Crippen LogP contribution in [0.2, 0.25) is 0 Å². The minimum Gasteiger partial charge on any atom is -0.319 e. The van der Waals surface area contributed by atoms with Crippen molar-refractivity contribution in [2.45, 2.75) is 25.3 Å². The van der Waals surface area contributed by atoms with Crippen molar-refractivity contribution in [1.29, 1.82) is 0 Å². The van der Waals surface area contributed by atoms with E-state index >= 15 is 0 Å². The van der Waals surface area contributed by atoms with Gasteiger partial charge in [-0.25, -0.2) is 8.78 Å². The lowest BCUT2D eigenvalue weighted by Gasteiger charge is -2.50. The quantitative estimate of drug-likeness (QED) is 0.883. The summed E-state index contributed by atoms with van der Waals surface area (Å²) in [7, 11) is 5.95. The summed E-state index contributed by atoms with van der Waals surface area (Å²) in [4.78, 5) is 2.11. The van der Waals surface area contributed by atoms with Gasteiger partial charge < -0.3 is 10.2 Å². The molecule has 106 valence electrons. The van der Waals surface area contributed by atoms with E-state index in [1.165, 1.54) is 18.6 Å². The average Bonchev–Trinajstić information content (AvgIpc) is 2.30. The summed E-state index contributed by atoms with van der Waals surface area (Å²) < 4.78 is 26.6. The van der Waals surface area contributed by atoms with E-state index in [2.05, 4.69) is 10.2 Å². The summed E-state index contributed by atoms with van der Waals surface area (Å²) in [6, 6.07) is 4.39. The number of halogens is 2. The highest BCUT2D eigenvalue weighted by Crippen LogP contribution is 2.51. The van der Waals surface area contributed by atoms with Crippen molar-refractivity contribution < 1.29 is 8.78 Å². The number of hydrogen-bond donors (Lipinski definition) is 1. The van der Waals surface area contributed by atoms with Gasteiger partial charge in [0.05, 0.1) is 0 Å². The van der Waals surface area contributed by atoms with Crippen molar-refractivity contribution in [1.82, 2.24) is 10.2 Å². The van der Waals surface area contributed by atoms with Crippen LogP contribution in [-0.4, -0.2) is 32.6 Å². The third-order valence-electron chi connectivity index (χ3n) is 4.23. The Morgan fingerprint density at radius 3 is 2.37 bits per heavy atom. The molecule has 0 spiro atoms. The molecule has 0 saturated heterocycles. The number of nitrogens with zero attached hydrogens (tertiary/aromatic N) is 1. The van der Waals surface area contributed by atoms with Crippen molar-refractivity contribution in [3.8, 4) is 0 Å². The van der Waals surface area contributed by atoms with Crippen molar-refractivity contribution in [3.05, 3.63) is 35.4 Å². The summed E-state index contributed by atoms with van der Waals surface area (Å²) in [6.45, 7) is 0.898. The van der Waals surface area contributed by atoms with Gasteiger partial charge in [-0.1, -0.05) is 12.5 Å². The second-order valence-corrected chi connectivity index (χ2v) is 5.79. The van der Waals surface area contributed by atoms with Crippen LogP contribution in [0.3, 0.4) is 0 Å². The molecule has 1 aliphatic rings. The van der Waals surface area contributed by atoms with Crippen LogP contribution in [0.15, 0.2) is 18.2 Å². The lowest BCUT2D eigenvalue weighted by Crippen LogP contribution is -2.48. The fourth-order valence-electron chi connectivity index (χ4n) is 3.41. The second-order valence-electron chi connectivity index (χ2n) is 5.79. The number of nitrogens with one attached hydrogen (secondary N) is 1. The molecule has 1 aliphatic carbocycles. The molecule has 1 aromatic carbocycles. The lowest BCUT2D eigenvalue weighted by atomic mass is 9.62. The predicted molar refractivity (Wildman–Crippen MR) is 73.0 cm³/mol. The van der Waals surface area contributed by atoms with Crippen LogP contribution < -0.4 is 5.32 Å². The Bertz CT molecular complexity index is 442. The molecule has 1 N–H and O–H groups in total. The van der Waals surface area contributed by atoms with Crippen LogP contribution in [0.5, 0.6) is 0 Å². The van der Waals surface area contributed by atoms with Crippen molar-refractivity contribution in [2.24, 2.45) is 5.41 Å². The number of benzene rings is 1. The summed E-state index contributed by atoms with van der Waals surface area (Å²) in [5.74, 6) is -1.54. The largest absolute Gasteiger partial charge is 0.319 e. The van der Waals surface area contributed by atoms with Crippen LogP contribution >= 0.6 is 0 Å².